The maximum atomic E-state index is 13.1. The first-order chi connectivity index (χ1) is 12.2. The van der Waals surface area contributed by atoms with Gasteiger partial charge >= 0.3 is 6.03 Å². The predicted octanol–water partition coefficient (Wildman–Crippen LogP) is 3.91. The molecule has 1 saturated heterocycles. The zero-order valence-corrected chi connectivity index (χ0v) is 13.5. The van der Waals surface area contributed by atoms with Crippen LogP contribution in [0.2, 0.25) is 0 Å². The Bertz CT molecular complexity index is 891. The van der Waals surface area contributed by atoms with Gasteiger partial charge in [0.05, 0.1) is 13.2 Å². The fraction of sp³-hybridized carbons (Fsp3) is 0.211. The topological polar surface area (TPSA) is 57.4 Å². The van der Waals surface area contributed by atoms with Gasteiger partial charge in [-0.15, -0.1) is 0 Å². The SMILES string of the molecule is O=C(Nc1ccc2cc[nH]c2c1)N1CCOC(c2ccc(F)cc2)C1. The first kappa shape index (κ1) is 15.7. The van der Waals surface area contributed by atoms with Crippen molar-refractivity contribution in [2.75, 3.05) is 25.0 Å². The lowest BCUT2D eigenvalue weighted by Crippen LogP contribution is -2.44. The number of amides is 2. The molecule has 6 heteroatoms. The van der Waals surface area contributed by atoms with Gasteiger partial charge in [0, 0.05) is 23.9 Å². The van der Waals surface area contributed by atoms with Crippen LogP contribution >= 0.6 is 0 Å². The number of rotatable bonds is 2. The molecule has 1 aromatic heterocycles. The summed E-state index contributed by atoms with van der Waals surface area (Å²) in [5.41, 5.74) is 2.58. The van der Waals surface area contributed by atoms with E-state index in [2.05, 4.69) is 10.3 Å². The summed E-state index contributed by atoms with van der Waals surface area (Å²) in [6.45, 7) is 1.40. The molecular formula is C19H18FN3O2. The maximum absolute atomic E-state index is 13.1. The molecule has 5 nitrogen and oxygen atoms in total. The molecule has 25 heavy (non-hydrogen) atoms. The standard InChI is InChI=1S/C19H18FN3O2/c20-15-4-1-14(2-5-15)18-12-23(9-10-25-18)19(24)22-16-6-3-13-7-8-21-17(13)11-16/h1-8,11,18,21H,9-10,12H2,(H,22,24). The van der Waals surface area contributed by atoms with E-state index in [9.17, 15) is 9.18 Å². The number of ether oxygens (including phenoxy) is 1. The number of aromatic nitrogens is 1. The number of nitrogens with zero attached hydrogens (tertiary/aromatic N) is 1. The van der Waals surface area contributed by atoms with Gasteiger partial charge in [-0.2, -0.15) is 0 Å². The molecule has 3 aromatic rings. The molecule has 0 aliphatic carbocycles. The molecule has 1 fully saturated rings. The second-order valence-electron chi connectivity index (χ2n) is 6.07. The number of nitrogens with one attached hydrogen (secondary N) is 2. The third kappa shape index (κ3) is 3.34. The van der Waals surface area contributed by atoms with Crippen LogP contribution in [0.5, 0.6) is 0 Å². The van der Waals surface area contributed by atoms with Crippen molar-refractivity contribution in [3.63, 3.8) is 0 Å². The summed E-state index contributed by atoms with van der Waals surface area (Å²) in [4.78, 5) is 17.4. The van der Waals surface area contributed by atoms with Crippen molar-refractivity contribution >= 4 is 22.6 Å². The van der Waals surface area contributed by atoms with Crippen LogP contribution in [0.1, 0.15) is 11.7 Å². The molecular weight excluding hydrogens is 321 g/mol. The van der Waals surface area contributed by atoms with Crippen molar-refractivity contribution in [2.24, 2.45) is 0 Å². The number of carbonyl (C=O) groups excluding carboxylic acids is 1. The smallest absolute Gasteiger partial charge is 0.322 e. The number of carbonyl (C=O) groups is 1. The molecule has 0 saturated carbocycles. The van der Waals surface area contributed by atoms with E-state index in [4.69, 9.17) is 4.74 Å². The Morgan fingerprint density at radius 2 is 2.04 bits per heavy atom. The summed E-state index contributed by atoms with van der Waals surface area (Å²) < 4.78 is 18.8. The van der Waals surface area contributed by atoms with Crippen LogP contribution in [0.4, 0.5) is 14.9 Å². The highest BCUT2D eigenvalue weighted by molar-refractivity contribution is 5.92. The van der Waals surface area contributed by atoms with Crippen LogP contribution in [0.25, 0.3) is 10.9 Å². The average molecular weight is 339 g/mol. The van der Waals surface area contributed by atoms with Crippen LogP contribution in [-0.4, -0.2) is 35.6 Å². The minimum Gasteiger partial charge on any atom is -0.370 e. The number of halogens is 1. The molecule has 2 heterocycles. The quantitative estimate of drug-likeness (QED) is 0.744. The van der Waals surface area contributed by atoms with E-state index in [1.807, 2.05) is 30.5 Å². The highest BCUT2D eigenvalue weighted by atomic mass is 19.1. The number of urea groups is 1. The highest BCUT2D eigenvalue weighted by Crippen LogP contribution is 2.23. The van der Waals surface area contributed by atoms with E-state index in [0.29, 0.717) is 19.7 Å². The Balaban J connectivity index is 1.45. The molecule has 2 amide bonds. The second-order valence-corrected chi connectivity index (χ2v) is 6.07. The van der Waals surface area contributed by atoms with Gasteiger partial charge in [0.2, 0.25) is 0 Å². The number of benzene rings is 2. The second kappa shape index (κ2) is 6.57. The van der Waals surface area contributed by atoms with Crippen LogP contribution in [0.3, 0.4) is 0 Å². The Morgan fingerprint density at radius 3 is 2.88 bits per heavy atom. The van der Waals surface area contributed by atoms with E-state index in [0.717, 1.165) is 22.2 Å². The van der Waals surface area contributed by atoms with Crippen LogP contribution in [-0.2, 0) is 4.74 Å². The lowest BCUT2D eigenvalue weighted by Gasteiger charge is -2.33. The van der Waals surface area contributed by atoms with Gasteiger partial charge in [0.1, 0.15) is 11.9 Å². The Labute approximate surface area is 144 Å². The van der Waals surface area contributed by atoms with Crippen LogP contribution in [0.15, 0.2) is 54.7 Å². The molecule has 0 spiro atoms. The number of hydrogen-bond acceptors (Lipinski definition) is 2. The number of fused-ring (bicyclic) bond motifs is 1. The number of H-pyrrole nitrogens is 1. The Hall–Kier alpha value is -2.86. The first-order valence-corrected chi connectivity index (χ1v) is 8.19. The third-order valence-electron chi connectivity index (χ3n) is 4.40. The normalized spacial score (nSPS) is 17.6. The van der Waals surface area contributed by atoms with Gasteiger partial charge in [0.25, 0.3) is 0 Å². The zero-order chi connectivity index (χ0) is 17.2. The van der Waals surface area contributed by atoms with Crippen LogP contribution in [0, 0.1) is 5.82 Å². The molecule has 1 unspecified atom stereocenters. The van der Waals surface area contributed by atoms with Gasteiger partial charge in [-0.3, -0.25) is 0 Å². The molecule has 1 atom stereocenters. The summed E-state index contributed by atoms with van der Waals surface area (Å²) in [7, 11) is 0. The summed E-state index contributed by atoms with van der Waals surface area (Å²) in [6, 6.07) is 13.8. The number of morpholine rings is 1. The van der Waals surface area contributed by atoms with Crippen molar-refractivity contribution in [3.05, 3.63) is 66.1 Å². The fourth-order valence-corrected chi connectivity index (χ4v) is 3.04. The van der Waals surface area contributed by atoms with Crippen molar-refractivity contribution < 1.29 is 13.9 Å². The monoisotopic (exact) mass is 339 g/mol. The molecule has 2 aromatic carbocycles. The molecule has 0 bridgehead atoms. The largest absolute Gasteiger partial charge is 0.370 e. The molecule has 1 aliphatic rings. The van der Waals surface area contributed by atoms with Gasteiger partial charge in [-0.25, -0.2) is 9.18 Å². The summed E-state index contributed by atoms with van der Waals surface area (Å²) in [6.07, 6.45) is 1.62. The molecule has 1 aliphatic heterocycles. The van der Waals surface area contributed by atoms with Crippen molar-refractivity contribution in [3.8, 4) is 0 Å². The van der Waals surface area contributed by atoms with Gasteiger partial charge in [-0.05, 0) is 41.3 Å². The van der Waals surface area contributed by atoms with E-state index >= 15 is 0 Å². The average Bonchev–Trinajstić information content (AvgIpc) is 3.10. The maximum Gasteiger partial charge on any atom is 0.322 e. The summed E-state index contributed by atoms with van der Waals surface area (Å²) >= 11 is 0. The molecule has 0 radical (unpaired) electrons. The lowest BCUT2D eigenvalue weighted by molar-refractivity contribution is -0.0135. The van der Waals surface area contributed by atoms with Gasteiger partial charge in [0.15, 0.2) is 0 Å². The summed E-state index contributed by atoms with van der Waals surface area (Å²) in [5.74, 6) is -0.283. The lowest BCUT2D eigenvalue weighted by atomic mass is 10.1. The Kier molecular flexibility index (Phi) is 4.11. The fourth-order valence-electron chi connectivity index (χ4n) is 3.04. The van der Waals surface area contributed by atoms with E-state index in [1.54, 1.807) is 17.0 Å². The van der Waals surface area contributed by atoms with Crippen molar-refractivity contribution in [2.45, 2.75) is 6.10 Å². The first-order valence-electron chi connectivity index (χ1n) is 8.19. The zero-order valence-electron chi connectivity index (χ0n) is 13.5. The number of aromatic amines is 1. The molecule has 4 rings (SSSR count). The minimum absolute atomic E-state index is 0.165. The van der Waals surface area contributed by atoms with E-state index in [-0.39, 0.29) is 18.0 Å². The van der Waals surface area contributed by atoms with Gasteiger partial charge < -0.3 is 19.9 Å². The minimum atomic E-state index is -0.283. The number of hydrogen-bond donors (Lipinski definition) is 2. The van der Waals surface area contributed by atoms with Crippen molar-refractivity contribution in [1.29, 1.82) is 0 Å². The highest BCUT2D eigenvalue weighted by Gasteiger charge is 2.25. The molecule has 128 valence electrons. The van der Waals surface area contributed by atoms with Crippen LogP contribution < -0.4 is 5.32 Å². The molecule has 2 N–H and O–H groups in total. The number of anilines is 1. The van der Waals surface area contributed by atoms with E-state index in [1.165, 1.54) is 12.1 Å². The predicted molar refractivity (Wildman–Crippen MR) is 94.0 cm³/mol. The van der Waals surface area contributed by atoms with Gasteiger partial charge in [-0.1, -0.05) is 18.2 Å². The van der Waals surface area contributed by atoms with E-state index < -0.39 is 0 Å². The van der Waals surface area contributed by atoms with Crippen molar-refractivity contribution in [1.82, 2.24) is 9.88 Å². The summed E-state index contributed by atoms with van der Waals surface area (Å²) in [5, 5.41) is 4.02. The third-order valence-corrected chi connectivity index (χ3v) is 4.40. The Morgan fingerprint density at radius 1 is 1.20 bits per heavy atom.